The Kier molecular flexibility index (Phi) is 6.86. The minimum atomic E-state index is 0.142. The zero-order valence-corrected chi connectivity index (χ0v) is 11.1. The van der Waals surface area contributed by atoms with Crippen molar-refractivity contribution >= 4 is 0 Å². The van der Waals surface area contributed by atoms with E-state index in [1.165, 1.54) is 5.56 Å². The van der Waals surface area contributed by atoms with Crippen molar-refractivity contribution in [1.29, 1.82) is 0 Å². The molecule has 1 unspecified atom stereocenters. The van der Waals surface area contributed by atoms with E-state index in [0.717, 1.165) is 26.2 Å². The molecule has 1 atom stereocenters. The molecule has 3 nitrogen and oxygen atoms in total. The van der Waals surface area contributed by atoms with E-state index in [2.05, 4.69) is 36.3 Å². The lowest BCUT2D eigenvalue weighted by atomic mass is 10.1. The SMILES string of the molecule is CCN(C)CCNCC(OC)c1ccccc1. The maximum absolute atomic E-state index is 5.49. The van der Waals surface area contributed by atoms with E-state index in [9.17, 15) is 0 Å². The Morgan fingerprint density at radius 1 is 1.29 bits per heavy atom. The van der Waals surface area contributed by atoms with Gasteiger partial charge >= 0.3 is 0 Å². The number of nitrogens with one attached hydrogen (secondary N) is 1. The van der Waals surface area contributed by atoms with E-state index in [1.54, 1.807) is 7.11 Å². The average Bonchev–Trinajstić information content (AvgIpc) is 2.39. The molecule has 0 fully saturated rings. The Balaban J connectivity index is 2.29. The fraction of sp³-hybridized carbons (Fsp3) is 0.571. The summed E-state index contributed by atoms with van der Waals surface area (Å²) in [6, 6.07) is 10.3. The van der Waals surface area contributed by atoms with Crippen LogP contribution in [0.5, 0.6) is 0 Å². The first kappa shape index (κ1) is 14.2. The summed E-state index contributed by atoms with van der Waals surface area (Å²) in [7, 11) is 3.89. The van der Waals surface area contributed by atoms with Crippen LogP contribution in [0.4, 0.5) is 0 Å². The van der Waals surface area contributed by atoms with Crippen molar-refractivity contribution in [2.24, 2.45) is 0 Å². The first-order valence-corrected chi connectivity index (χ1v) is 6.25. The smallest absolute Gasteiger partial charge is 0.0945 e. The highest BCUT2D eigenvalue weighted by atomic mass is 16.5. The number of ether oxygens (including phenoxy) is 1. The van der Waals surface area contributed by atoms with Crippen LogP contribution < -0.4 is 5.32 Å². The van der Waals surface area contributed by atoms with Gasteiger partial charge in [0.2, 0.25) is 0 Å². The third kappa shape index (κ3) is 5.31. The monoisotopic (exact) mass is 236 g/mol. The number of methoxy groups -OCH3 is 1. The molecule has 1 N–H and O–H groups in total. The molecule has 0 saturated carbocycles. The van der Waals surface area contributed by atoms with Gasteiger partial charge in [-0.2, -0.15) is 0 Å². The standard InChI is InChI=1S/C14H24N2O/c1-4-16(2)11-10-15-12-14(17-3)13-8-6-5-7-9-13/h5-9,14-15H,4,10-12H2,1-3H3. The molecule has 1 rings (SSSR count). The lowest BCUT2D eigenvalue weighted by Gasteiger charge is -2.18. The van der Waals surface area contributed by atoms with E-state index < -0.39 is 0 Å². The molecule has 0 bridgehead atoms. The molecule has 0 radical (unpaired) electrons. The van der Waals surface area contributed by atoms with Crippen molar-refractivity contribution in [2.45, 2.75) is 13.0 Å². The average molecular weight is 236 g/mol. The van der Waals surface area contributed by atoms with Crippen LogP contribution in [-0.4, -0.2) is 45.2 Å². The van der Waals surface area contributed by atoms with Gasteiger partial charge in [0, 0.05) is 26.7 Å². The molecule has 3 heteroatoms. The normalized spacial score (nSPS) is 12.9. The molecule has 0 aliphatic heterocycles. The molecule has 0 aliphatic rings. The molecular formula is C14H24N2O. The summed E-state index contributed by atoms with van der Waals surface area (Å²) in [6.07, 6.45) is 0.142. The maximum Gasteiger partial charge on any atom is 0.0945 e. The Morgan fingerprint density at radius 3 is 2.59 bits per heavy atom. The minimum absolute atomic E-state index is 0.142. The van der Waals surface area contributed by atoms with Gasteiger partial charge in [-0.1, -0.05) is 37.3 Å². The molecule has 0 aliphatic carbocycles. The highest BCUT2D eigenvalue weighted by molar-refractivity contribution is 5.17. The number of benzene rings is 1. The number of hydrogen-bond acceptors (Lipinski definition) is 3. The first-order valence-electron chi connectivity index (χ1n) is 6.25. The highest BCUT2D eigenvalue weighted by Crippen LogP contribution is 2.14. The molecule has 17 heavy (non-hydrogen) atoms. The van der Waals surface area contributed by atoms with Gasteiger partial charge in [-0.3, -0.25) is 0 Å². The van der Waals surface area contributed by atoms with Crippen molar-refractivity contribution in [3.63, 3.8) is 0 Å². The van der Waals surface area contributed by atoms with Crippen LogP contribution in [-0.2, 0) is 4.74 Å². The van der Waals surface area contributed by atoms with Gasteiger partial charge in [0.25, 0.3) is 0 Å². The number of likely N-dealkylation sites (N-methyl/N-ethyl adjacent to an activating group) is 1. The third-order valence-corrected chi connectivity index (χ3v) is 3.00. The quantitative estimate of drug-likeness (QED) is 0.698. The predicted octanol–water partition coefficient (Wildman–Crippen LogP) is 1.92. The van der Waals surface area contributed by atoms with Gasteiger partial charge < -0.3 is 15.0 Å². The van der Waals surface area contributed by atoms with Crippen molar-refractivity contribution in [3.05, 3.63) is 35.9 Å². The Hall–Kier alpha value is -0.900. The fourth-order valence-corrected chi connectivity index (χ4v) is 1.67. The van der Waals surface area contributed by atoms with Crippen LogP contribution in [0.2, 0.25) is 0 Å². The largest absolute Gasteiger partial charge is 0.375 e. The van der Waals surface area contributed by atoms with Gasteiger partial charge in [-0.25, -0.2) is 0 Å². The predicted molar refractivity (Wildman–Crippen MR) is 72.2 cm³/mol. The molecular weight excluding hydrogens is 212 g/mol. The summed E-state index contributed by atoms with van der Waals surface area (Å²) >= 11 is 0. The maximum atomic E-state index is 5.49. The summed E-state index contributed by atoms with van der Waals surface area (Å²) in [5.74, 6) is 0. The molecule has 0 heterocycles. The number of hydrogen-bond donors (Lipinski definition) is 1. The molecule has 0 aromatic heterocycles. The second-order valence-electron chi connectivity index (χ2n) is 4.24. The van der Waals surface area contributed by atoms with Crippen LogP contribution in [0.25, 0.3) is 0 Å². The summed E-state index contributed by atoms with van der Waals surface area (Å²) in [5.41, 5.74) is 1.23. The van der Waals surface area contributed by atoms with Crippen molar-refractivity contribution in [3.8, 4) is 0 Å². The number of nitrogens with zero attached hydrogens (tertiary/aromatic N) is 1. The fourth-order valence-electron chi connectivity index (χ4n) is 1.67. The molecule has 1 aromatic rings. The zero-order valence-electron chi connectivity index (χ0n) is 11.1. The first-order chi connectivity index (χ1) is 8.27. The van der Waals surface area contributed by atoms with Crippen LogP contribution in [0.15, 0.2) is 30.3 Å². The Morgan fingerprint density at radius 2 is 2.00 bits per heavy atom. The minimum Gasteiger partial charge on any atom is -0.375 e. The van der Waals surface area contributed by atoms with E-state index in [0.29, 0.717) is 0 Å². The van der Waals surface area contributed by atoms with Crippen LogP contribution in [0.1, 0.15) is 18.6 Å². The van der Waals surface area contributed by atoms with Crippen LogP contribution >= 0.6 is 0 Å². The van der Waals surface area contributed by atoms with E-state index in [1.807, 2.05) is 18.2 Å². The molecule has 0 spiro atoms. The van der Waals surface area contributed by atoms with Gasteiger partial charge in [-0.15, -0.1) is 0 Å². The van der Waals surface area contributed by atoms with E-state index >= 15 is 0 Å². The van der Waals surface area contributed by atoms with Gasteiger partial charge in [0.05, 0.1) is 6.10 Å². The van der Waals surface area contributed by atoms with Crippen LogP contribution in [0, 0.1) is 0 Å². The second-order valence-corrected chi connectivity index (χ2v) is 4.24. The zero-order chi connectivity index (χ0) is 12.5. The van der Waals surface area contributed by atoms with E-state index in [4.69, 9.17) is 4.74 Å². The summed E-state index contributed by atoms with van der Waals surface area (Å²) in [4.78, 5) is 2.29. The molecule has 96 valence electrons. The summed E-state index contributed by atoms with van der Waals surface area (Å²) in [6.45, 7) is 6.19. The Bertz CT molecular complexity index is 290. The van der Waals surface area contributed by atoms with Gasteiger partial charge in [-0.05, 0) is 19.2 Å². The van der Waals surface area contributed by atoms with Gasteiger partial charge in [0.1, 0.15) is 0 Å². The number of rotatable bonds is 8. The summed E-state index contributed by atoms with van der Waals surface area (Å²) in [5, 5.41) is 3.43. The highest BCUT2D eigenvalue weighted by Gasteiger charge is 2.08. The lowest BCUT2D eigenvalue weighted by Crippen LogP contribution is -2.31. The molecule has 0 saturated heterocycles. The van der Waals surface area contributed by atoms with Gasteiger partial charge in [0.15, 0.2) is 0 Å². The summed E-state index contributed by atoms with van der Waals surface area (Å²) < 4.78 is 5.49. The molecule has 1 aromatic carbocycles. The van der Waals surface area contributed by atoms with Crippen LogP contribution in [0.3, 0.4) is 0 Å². The van der Waals surface area contributed by atoms with Crippen molar-refractivity contribution < 1.29 is 4.74 Å². The Labute approximate surface area is 105 Å². The van der Waals surface area contributed by atoms with Crippen molar-refractivity contribution in [2.75, 3.05) is 40.3 Å². The second kappa shape index (κ2) is 8.23. The van der Waals surface area contributed by atoms with E-state index in [-0.39, 0.29) is 6.10 Å². The molecule has 0 amide bonds. The third-order valence-electron chi connectivity index (χ3n) is 3.00. The lowest BCUT2D eigenvalue weighted by molar-refractivity contribution is 0.102. The topological polar surface area (TPSA) is 24.5 Å². The van der Waals surface area contributed by atoms with Crippen molar-refractivity contribution in [1.82, 2.24) is 10.2 Å².